The van der Waals surface area contributed by atoms with Crippen molar-refractivity contribution in [2.75, 3.05) is 5.32 Å². The van der Waals surface area contributed by atoms with E-state index >= 15 is 0 Å². The van der Waals surface area contributed by atoms with Crippen LogP contribution in [0.4, 0.5) is 11.4 Å². The monoisotopic (exact) mass is 355 g/mol. The Labute approximate surface area is 151 Å². The van der Waals surface area contributed by atoms with Gasteiger partial charge in [-0.15, -0.1) is 0 Å². The first-order valence-corrected chi connectivity index (χ1v) is 8.21. The van der Waals surface area contributed by atoms with Crippen LogP contribution in [0.15, 0.2) is 42.5 Å². The smallest absolute Gasteiger partial charge is 0.272 e. The highest BCUT2D eigenvalue weighted by atomic mass is 16.6. The molecule has 0 bridgehead atoms. The van der Waals surface area contributed by atoms with E-state index in [9.17, 15) is 19.7 Å². The predicted molar refractivity (Wildman–Crippen MR) is 98.9 cm³/mol. The molecule has 0 fully saturated rings. The van der Waals surface area contributed by atoms with Gasteiger partial charge in [0.15, 0.2) is 0 Å². The van der Waals surface area contributed by atoms with Crippen LogP contribution in [-0.4, -0.2) is 16.7 Å². The van der Waals surface area contributed by atoms with Gasteiger partial charge in [0.25, 0.3) is 11.6 Å². The van der Waals surface area contributed by atoms with Crippen LogP contribution in [0.3, 0.4) is 0 Å². The molecule has 2 N–H and O–H groups in total. The van der Waals surface area contributed by atoms with Gasteiger partial charge in [0.2, 0.25) is 5.91 Å². The summed E-state index contributed by atoms with van der Waals surface area (Å²) in [4.78, 5) is 34.2. The first-order valence-electron chi connectivity index (χ1n) is 8.21. The van der Waals surface area contributed by atoms with Gasteiger partial charge in [-0.2, -0.15) is 0 Å². The van der Waals surface area contributed by atoms with Crippen molar-refractivity contribution in [2.45, 2.75) is 27.3 Å². The first-order chi connectivity index (χ1) is 12.3. The quantitative estimate of drug-likeness (QED) is 0.612. The fourth-order valence-corrected chi connectivity index (χ4v) is 2.28. The molecule has 0 aliphatic rings. The van der Waals surface area contributed by atoms with Gasteiger partial charge >= 0.3 is 0 Å². The second kappa shape index (κ2) is 8.24. The van der Waals surface area contributed by atoms with Crippen molar-refractivity contribution in [1.29, 1.82) is 0 Å². The normalized spacial score (nSPS) is 10.5. The summed E-state index contributed by atoms with van der Waals surface area (Å²) in [6.07, 6.45) is 0. The number of carbonyl (C=O) groups is 2. The second-order valence-corrected chi connectivity index (χ2v) is 6.28. The van der Waals surface area contributed by atoms with Crippen LogP contribution < -0.4 is 10.6 Å². The number of anilines is 1. The predicted octanol–water partition coefficient (Wildman–Crippen LogP) is 3.43. The molecule has 2 aromatic carbocycles. The molecule has 0 radical (unpaired) electrons. The summed E-state index contributed by atoms with van der Waals surface area (Å²) in [6.45, 7) is 5.55. The zero-order valence-corrected chi connectivity index (χ0v) is 14.9. The van der Waals surface area contributed by atoms with E-state index in [2.05, 4.69) is 10.6 Å². The number of nitro groups is 1. The Kier molecular flexibility index (Phi) is 6.06. The minimum Gasteiger partial charge on any atom is -0.348 e. The number of amides is 2. The third-order valence-corrected chi connectivity index (χ3v) is 3.85. The summed E-state index contributed by atoms with van der Waals surface area (Å²) in [5, 5.41) is 16.4. The molecule has 2 aromatic rings. The topological polar surface area (TPSA) is 101 Å². The van der Waals surface area contributed by atoms with Crippen LogP contribution in [0.2, 0.25) is 0 Å². The van der Waals surface area contributed by atoms with Crippen molar-refractivity contribution in [3.05, 3.63) is 69.3 Å². The van der Waals surface area contributed by atoms with Gasteiger partial charge in [0, 0.05) is 35.3 Å². The maximum atomic E-state index is 12.2. The van der Waals surface area contributed by atoms with Gasteiger partial charge in [-0.3, -0.25) is 19.7 Å². The fraction of sp³-hybridized carbons (Fsp3) is 0.263. The zero-order chi connectivity index (χ0) is 19.3. The van der Waals surface area contributed by atoms with Crippen molar-refractivity contribution < 1.29 is 14.5 Å². The Hall–Kier alpha value is -3.22. The number of carbonyl (C=O) groups excluding carboxylic acids is 2. The molecule has 0 aromatic heterocycles. The first kappa shape index (κ1) is 19.1. The van der Waals surface area contributed by atoms with Crippen molar-refractivity contribution in [2.24, 2.45) is 5.92 Å². The molecule has 7 heteroatoms. The lowest BCUT2D eigenvalue weighted by Gasteiger charge is -2.09. The highest BCUT2D eigenvalue weighted by Gasteiger charge is 2.13. The van der Waals surface area contributed by atoms with Gasteiger partial charge in [-0.05, 0) is 36.8 Å². The van der Waals surface area contributed by atoms with Gasteiger partial charge in [-0.1, -0.05) is 26.0 Å². The lowest BCUT2D eigenvalue weighted by molar-refractivity contribution is -0.385. The summed E-state index contributed by atoms with van der Waals surface area (Å²) in [7, 11) is 0. The lowest BCUT2D eigenvalue weighted by Crippen LogP contribution is -2.23. The minimum atomic E-state index is -0.476. The number of nitrogens with one attached hydrogen (secondary N) is 2. The van der Waals surface area contributed by atoms with E-state index in [-0.39, 0.29) is 23.4 Å². The molecule has 2 rings (SSSR count). The summed E-state index contributed by atoms with van der Waals surface area (Å²) in [5.74, 6) is -0.459. The van der Waals surface area contributed by atoms with Gasteiger partial charge in [0.05, 0.1) is 4.92 Å². The molecule has 0 heterocycles. The number of rotatable bonds is 6. The fourth-order valence-electron chi connectivity index (χ4n) is 2.28. The van der Waals surface area contributed by atoms with Gasteiger partial charge in [-0.25, -0.2) is 0 Å². The van der Waals surface area contributed by atoms with Crippen LogP contribution in [-0.2, 0) is 11.3 Å². The molecule has 26 heavy (non-hydrogen) atoms. The number of nitro benzene ring substituents is 1. The molecule has 0 unspecified atom stereocenters. The van der Waals surface area contributed by atoms with Gasteiger partial charge in [0.1, 0.15) is 0 Å². The maximum absolute atomic E-state index is 12.2. The second-order valence-electron chi connectivity index (χ2n) is 6.28. The number of benzene rings is 2. The Morgan fingerprint density at radius 3 is 2.31 bits per heavy atom. The van der Waals surface area contributed by atoms with E-state index < -0.39 is 4.92 Å². The summed E-state index contributed by atoms with van der Waals surface area (Å²) < 4.78 is 0. The minimum absolute atomic E-state index is 0.0133. The van der Waals surface area contributed by atoms with E-state index in [1.54, 1.807) is 19.1 Å². The SMILES string of the molecule is Cc1cc(C(=O)NCc2ccc(NC(=O)C(C)C)cc2)ccc1[N+](=O)[O-]. The van der Waals surface area contributed by atoms with E-state index in [1.165, 1.54) is 18.2 Å². The lowest BCUT2D eigenvalue weighted by atomic mass is 10.1. The molecular weight excluding hydrogens is 334 g/mol. The average Bonchev–Trinajstić information content (AvgIpc) is 2.60. The van der Waals surface area contributed by atoms with Crippen molar-refractivity contribution >= 4 is 23.2 Å². The zero-order valence-electron chi connectivity index (χ0n) is 14.9. The van der Waals surface area contributed by atoms with Crippen LogP contribution in [0.5, 0.6) is 0 Å². The van der Waals surface area contributed by atoms with Crippen molar-refractivity contribution in [3.63, 3.8) is 0 Å². The van der Waals surface area contributed by atoms with Crippen molar-refractivity contribution in [3.8, 4) is 0 Å². The molecule has 0 atom stereocenters. The average molecular weight is 355 g/mol. The van der Waals surface area contributed by atoms with Gasteiger partial charge < -0.3 is 10.6 Å². The van der Waals surface area contributed by atoms with Crippen LogP contribution in [0.1, 0.15) is 35.3 Å². The van der Waals surface area contributed by atoms with Crippen LogP contribution in [0, 0.1) is 23.0 Å². The molecular formula is C19H21N3O4. The highest BCUT2D eigenvalue weighted by molar-refractivity contribution is 5.94. The highest BCUT2D eigenvalue weighted by Crippen LogP contribution is 2.19. The summed E-state index contributed by atoms with van der Waals surface area (Å²) in [5.41, 5.74) is 2.37. The Bertz CT molecular complexity index is 829. The van der Waals surface area contributed by atoms with Crippen LogP contribution >= 0.6 is 0 Å². The Balaban J connectivity index is 1.96. The molecule has 0 aliphatic heterocycles. The Morgan fingerprint density at radius 1 is 1.12 bits per heavy atom. The Morgan fingerprint density at radius 2 is 1.77 bits per heavy atom. The molecule has 0 spiro atoms. The van der Waals surface area contributed by atoms with Crippen LogP contribution in [0.25, 0.3) is 0 Å². The van der Waals surface area contributed by atoms with E-state index in [0.717, 1.165) is 5.56 Å². The van der Waals surface area contributed by atoms with Crippen molar-refractivity contribution in [1.82, 2.24) is 5.32 Å². The summed E-state index contributed by atoms with van der Waals surface area (Å²) >= 11 is 0. The molecule has 0 aliphatic carbocycles. The molecule has 2 amide bonds. The summed E-state index contributed by atoms with van der Waals surface area (Å²) in [6, 6.07) is 11.4. The number of hydrogen-bond donors (Lipinski definition) is 2. The number of aryl methyl sites for hydroxylation is 1. The maximum Gasteiger partial charge on any atom is 0.272 e. The number of hydrogen-bond acceptors (Lipinski definition) is 4. The molecule has 7 nitrogen and oxygen atoms in total. The van der Waals surface area contributed by atoms with E-state index in [4.69, 9.17) is 0 Å². The standard InChI is InChI=1S/C19H21N3O4/c1-12(2)18(23)21-16-7-4-14(5-8-16)11-20-19(24)15-6-9-17(22(25)26)13(3)10-15/h4-10,12H,11H2,1-3H3,(H,20,24)(H,21,23). The molecule has 136 valence electrons. The number of nitrogens with zero attached hydrogens (tertiary/aromatic N) is 1. The van der Waals surface area contributed by atoms with E-state index in [1.807, 2.05) is 26.0 Å². The largest absolute Gasteiger partial charge is 0.348 e. The molecule has 0 saturated heterocycles. The molecule has 0 saturated carbocycles. The third-order valence-electron chi connectivity index (χ3n) is 3.85. The third kappa shape index (κ3) is 4.89. The van der Waals surface area contributed by atoms with E-state index in [0.29, 0.717) is 23.4 Å².